The standard InChI is InChI=1S/C19H27NO3/c1-2-3-10-22-17-9-8-14(15-12-19(21)20-13-15)11-18(17)23-16-6-4-5-7-16/h8-9,11,15-16H,2-7,10,12-13H2,1H3,(H,20,21)/t15-/m0/s1. The van der Waals surface area contributed by atoms with Crippen molar-refractivity contribution in [2.45, 2.75) is 63.9 Å². The molecule has 0 unspecified atom stereocenters. The van der Waals surface area contributed by atoms with Crippen molar-refractivity contribution < 1.29 is 14.3 Å². The average molecular weight is 317 g/mol. The van der Waals surface area contributed by atoms with Crippen molar-refractivity contribution >= 4 is 5.91 Å². The molecule has 1 saturated carbocycles. The van der Waals surface area contributed by atoms with Crippen LogP contribution in [0.25, 0.3) is 0 Å². The molecule has 2 aliphatic rings. The van der Waals surface area contributed by atoms with Gasteiger partial charge >= 0.3 is 0 Å². The number of unbranched alkanes of at least 4 members (excludes halogenated alkanes) is 1. The van der Waals surface area contributed by atoms with E-state index in [0.717, 1.165) is 50.3 Å². The summed E-state index contributed by atoms with van der Waals surface area (Å²) in [7, 11) is 0. The van der Waals surface area contributed by atoms with Gasteiger partial charge in [-0.3, -0.25) is 4.79 Å². The molecule has 1 atom stereocenters. The molecular formula is C19H27NO3. The highest BCUT2D eigenvalue weighted by Crippen LogP contribution is 2.36. The second-order valence-electron chi connectivity index (χ2n) is 6.64. The first-order chi connectivity index (χ1) is 11.3. The van der Waals surface area contributed by atoms with Gasteiger partial charge in [-0.25, -0.2) is 0 Å². The Morgan fingerprint density at radius 3 is 2.74 bits per heavy atom. The smallest absolute Gasteiger partial charge is 0.220 e. The molecule has 2 fully saturated rings. The van der Waals surface area contributed by atoms with E-state index >= 15 is 0 Å². The molecule has 4 heteroatoms. The number of nitrogens with one attached hydrogen (secondary N) is 1. The summed E-state index contributed by atoms with van der Waals surface area (Å²) in [5.41, 5.74) is 1.17. The first-order valence-corrected chi connectivity index (χ1v) is 8.96. The lowest BCUT2D eigenvalue weighted by Crippen LogP contribution is -2.14. The second-order valence-corrected chi connectivity index (χ2v) is 6.64. The monoisotopic (exact) mass is 317 g/mol. The lowest BCUT2D eigenvalue weighted by molar-refractivity contribution is -0.119. The summed E-state index contributed by atoms with van der Waals surface area (Å²) in [6.45, 7) is 3.60. The molecule has 0 aromatic heterocycles. The third-order valence-corrected chi connectivity index (χ3v) is 4.77. The topological polar surface area (TPSA) is 47.6 Å². The van der Waals surface area contributed by atoms with Crippen molar-refractivity contribution in [3.63, 3.8) is 0 Å². The van der Waals surface area contributed by atoms with E-state index in [2.05, 4.69) is 24.4 Å². The third kappa shape index (κ3) is 4.18. The number of ether oxygens (including phenoxy) is 2. The number of amides is 1. The Kier molecular flexibility index (Phi) is 5.42. The SMILES string of the molecule is CCCCOc1ccc([C@@H]2CNC(=O)C2)cc1OC1CCCC1. The third-order valence-electron chi connectivity index (χ3n) is 4.77. The van der Waals surface area contributed by atoms with Crippen LogP contribution < -0.4 is 14.8 Å². The van der Waals surface area contributed by atoms with Crippen LogP contribution in [0.2, 0.25) is 0 Å². The lowest BCUT2D eigenvalue weighted by Gasteiger charge is -2.19. The van der Waals surface area contributed by atoms with Crippen LogP contribution in [0.3, 0.4) is 0 Å². The molecule has 1 saturated heterocycles. The van der Waals surface area contributed by atoms with Gasteiger partial charge in [0.25, 0.3) is 0 Å². The minimum atomic E-state index is 0.136. The molecule has 1 N–H and O–H groups in total. The molecule has 126 valence electrons. The highest BCUT2D eigenvalue weighted by molar-refractivity contribution is 5.79. The maximum atomic E-state index is 11.5. The summed E-state index contributed by atoms with van der Waals surface area (Å²) in [4.78, 5) is 11.5. The highest BCUT2D eigenvalue weighted by Gasteiger charge is 2.25. The van der Waals surface area contributed by atoms with Crippen LogP contribution in [0.5, 0.6) is 11.5 Å². The number of carbonyl (C=O) groups excluding carboxylic acids is 1. The molecule has 23 heavy (non-hydrogen) atoms. The van der Waals surface area contributed by atoms with E-state index < -0.39 is 0 Å². The summed E-state index contributed by atoms with van der Waals surface area (Å²) in [5.74, 6) is 2.07. The number of benzene rings is 1. The van der Waals surface area contributed by atoms with Gasteiger partial charge in [-0.1, -0.05) is 19.4 Å². The fourth-order valence-electron chi connectivity index (χ4n) is 3.34. The van der Waals surface area contributed by atoms with Crippen LogP contribution in [0.1, 0.15) is 63.4 Å². The average Bonchev–Trinajstić information content (AvgIpc) is 3.20. The Morgan fingerprint density at radius 2 is 2.04 bits per heavy atom. The maximum Gasteiger partial charge on any atom is 0.220 e. The molecule has 1 aromatic rings. The normalized spacial score (nSPS) is 21.4. The van der Waals surface area contributed by atoms with Gasteiger partial charge in [0, 0.05) is 18.9 Å². The van der Waals surface area contributed by atoms with Crippen molar-refractivity contribution in [3.8, 4) is 11.5 Å². The number of carbonyl (C=O) groups is 1. The fourth-order valence-corrected chi connectivity index (χ4v) is 3.34. The molecule has 1 aliphatic carbocycles. The van der Waals surface area contributed by atoms with E-state index in [1.54, 1.807) is 0 Å². The molecule has 1 aromatic carbocycles. The molecule has 0 radical (unpaired) electrons. The summed E-state index contributed by atoms with van der Waals surface area (Å²) >= 11 is 0. The van der Waals surface area contributed by atoms with Crippen molar-refractivity contribution in [2.75, 3.05) is 13.2 Å². The second kappa shape index (κ2) is 7.71. The minimum absolute atomic E-state index is 0.136. The van der Waals surface area contributed by atoms with E-state index in [0.29, 0.717) is 12.5 Å². The molecular weight excluding hydrogens is 290 g/mol. The van der Waals surface area contributed by atoms with Crippen LogP contribution in [-0.2, 0) is 4.79 Å². The summed E-state index contributed by atoms with van der Waals surface area (Å²) < 4.78 is 12.2. The van der Waals surface area contributed by atoms with Crippen LogP contribution in [0.4, 0.5) is 0 Å². The molecule has 0 spiro atoms. The largest absolute Gasteiger partial charge is 0.490 e. The zero-order chi connectivity index (χ0) is 16.1. The molecule has 1 amide bonds. The van der Waals surface area contributed by atoms with Gasteiger partial charge in [0.1, 0.15) is 0 Å². The molecule has 0 bridgehead atoms. The highest BCUT2D eigenvalue weighted by atomic mass is 16.5. The predicted molar refractivity (Wildman–Crippen MR) is 90.1 cm³/mol. The fraction of sp³-hybridized carbons (Fsp3) is 0.632. The van der Waals surface area contributed by atoms with Gasteiger partial charge in [0.15, 0.2) is 11.5 Å². The lowest BCUT2D eigenvalue weighted by atomic mass is 9.98. The van der Waals surface area contributed by atoms with Crippen LogP contribution >= 0.6 is 0 Å². The Bertz CT molecular complexity index is 537. The Hall–Kier alpha value is -1.71. The van der Waals surface area contributed by atoms with Crippen LogP contribution in [-0.4, -0.2) is 25.2 Å². The van der Waals surface area contributed by atoms with E-state index in [1.165, 1.54) is 18.4 Å². The van der Waals surface area contributed by atoms with E-state index in [1.807, 2.05) is 6.07 Å². The molecule has 3 rings (SSSR count). The van der Waals surface area contributed by atoms with Gasteiger partial charge in [-0.05, 0) is 49.8 Å². The van der Waals surface area contributed by atoms with Crippen molar-refractivity contribution in [2.24, 2.45) is 0 Å². The Morgan fingerprint density at radius 1 is 1.22 bits per heavy atom. The van der Waals surface area contributed by atoms with Crippen molar-refractivity contribution in [3.05, 3.63) is 23.8 Å². The molecule has 1 aliphatic heterocycles. The van der Waals surface area contributed by atoms with Crippen LogP contribution in [0, 0.1) is 0 Å². The van der Waals surface area contributed by atoms with E-state index in [9.17, 15) is 4.79 Å². The Labute approximate surface area is 138 Å². The van der Waals surface area contributed by atoms with E-state index in [4.69, 9.17) is 9.47 Å². The first-order valence-electron chi connectivity index (χ1n) is 8.96. The summed E-state index contributed by atoms with van der Waals surface area (Å²) in [6, 6.07) is 6.18. The number of hydrogen-bond acceptors (Lipinski definition) is 3. The Balaban J connectivity index is 1.75. The number of hydrogen-bond donors (Lipinski definition) is 1. The number of rotatable bonds is 7. The quantitative estimate of drug-likeness (QED) is 0.778. The van der Waals surface area contributed by atoms with Gasteiger partial charge in [0.2, 0.25) is 5.91 Å². The molecule has 4 nitrogen and oxygen atoms in total. The van der Waals surface area contributed by atoms with E-state index in [-0.39, 0.29) is 11.8 Å². The predicted octanol–water partition coefficient (Wildman–Crippen LogP) is 3.79. The summed E-state index contributed by atoms with van der Waals surface area (Å²) in [5, 5.41) is 2.91. The van der Waals surface area contributed by atoms with Gasteiger partial charge in [-0.15, -0.1) is 0 Å². The van der Waals surface area contributed by atoms with Crippen LogP contribution in [0.15, 0.2) is 18.2 Å². The first kappa shape index (κ1) is 16.2. The molecule has 1 heterocycles. The van der Waals surface area contributed by atoms with Gasteiger partial charge in [-0.2, -0.15) is 0 Å². The van der Waals surface area contributed by atoms with Crippen molar-refractivity contribution in [1.29, 1.82) is 0 Å². The van der Waals surface area contributed by atoms with Crippen molar-refractivity contribution in [1.82, 2.24) is 5.32 Å². The zero-order valence-corrected chi connectivity index (χ0v) is 14.0. The summed E-state index contributed by atoms with van der Waals surface area (Å²) in [6.07, 6.45) is 7.79. The zero-order valence-electron chi connectivity index (χ0n) is 14.0. The maximum absolute atomic E-state index is 11.5. The van der Waals surface area contributed by atoms with Gasteiger partial charge < -0.3 is 14.8 Å². The van der Waals surface area contributed by atoms with Gasteiger partial charge in [0.05, 0.1) is 12.7 Å². The minimum Gasteiger partial charge on any atom is -0.490 e.